The molecule has 1 aliphatic carbocycles. The molecule has 0 unspecified atom stereocenters. The monoisotopic (exact) mass is 187 g/mol. The first-order valence-corrected chi connectivity index (χ1v) is 4.94. The van der Waals surface area contributed by atoms with Crippen molar-refractivity contribution >= 4 is 12.6 Å². The summed E-state index contributed by atoms with van der Waals surface area (Å²) in [4.78, 5) is 0. The first-order valence-electron chi connectivity index (χ1n) is 4.49. The topological polar surface area (TPSA) is 46.2 Å². The fourth-order valence-corrected chi connectivity index (χ4v) is 1.59. The van der Waals surface area contributed by atoms with Crippen molar-refractivity contribution in [1.29, 1.82) is 0 Å². The highest BCUT2D eigenvalue weighted by Gasteiger charge is 2.15. The van der Waals surface area contributed by atoms with Crippen LogP contribution in [0.4, 0.5) is 0 Å². The van der Waals surface area contributed by atoms with Gasteiger partial charge in [0.2, 0.25) is 0 Å². The van der Waals surface area contributed by atoms with Gasteiger partial charge in [-0.05, 0) is 32.1 Å². The second-order valence-corrected chi connectivity index (χ2v) is 4.26. The maximum atomic E-state index is 9.16. The fraction of sp³-hybridized carbons (Fsp3) is 0.778. The summed E-state index contributed by atoms with van der Waals surface area (Å²) in [6, 6.07) is 0. The van der Waals surface area contributed by atoms with Crippen LogP contribution < -0.4 is 5.73 Å². The molecule has 1 atom stereocenters. The minimum atomic E-state index is -1.29. The average Bonchev–Trinajstić information content (AvgIpc) is 2.02. The Kier molecular flexibility index (Phi) is 3.62. The van der Waals surface area contributed by atoms with Gasteiger partial charge in [-0.2, -0.15) is 0 Å². The maximum Gasteiger partial charge on any atom is 0.159 e. The van der Waals surface area contributed by atoms with E-state index in [-0.39, 0.29) is 0 Å². The third kappa shape index (κ3) is 4.14. The molecular weight excluding hydrogens is 170 g/mol. The van der Waals surface area contributed by atoms with E-state index in [0.29, 0.717) is 6.42 Å². The van der Waals surface area contributed by atoms with Gasteiger partial charge >= 0.3 is 0 Å². The van der Waals surface area contributed by atoms with Crippen molar-refractivity contribution in [3.05, 3.63) is 11.6 Å². The lowest BCUT2D eigenvalue weighted by Crippen LogP contribution is -2.32. The van der Waals surface area contributed by atoms with E-state index in [0.717, 1.165) is 6.42 Å². The smallest absolute Gasteiger partial charge is 0.159 e. The zero-order chi connectivity index (χ0) is 9.03. The van der Waals surface area contributed by atoms with Gasteiger partial charge in [-0.3, -0.25) is 5.73 Å². The van der Waals surface area contributed by atoms with Crippen LogP contribution in [-0.2, 0) is 0 Å². The van der Waals surface area contributed by atoms with Crippen LogP contribution >= 0.6 is 12.6 Å². The molecule has 0 heterocycles. The van der Waals surface area contributed by atoms with Crippen LogP contribution in [0.3, 0.4) is 0 Å². The van der Waals surface area contributed by atoms with E-state index in [4.69, 9.17) is 10.8 Å². The number of nitrogens with two attached hydrogens (primary N) is 1. The largest absolute Gasteiger partial charge is 0.367 e. The Morgan fingerprint density at radius 2 is 2.33 bits per heavy atom. The highest BCUT2D eigenvalue weighted by atomic mass is 32.1. The van der Waals surface area contributed by atoms with Crippen LogP contribution in [0.2, 0.25) is 0 Å². The highest BCUT2D eigenvalue weighted by Crippen LogP contribution is 2.23. The maximum absolute atomic E-state index is 9.16. The van der Waals surface area contributed by atoms with Crippen molar-refractivity contribution in [2.24, 2.45) is 5.73 Å². The number of allylic oxidation sites excluding steroid dienone is 2. The molecule has 70 valence electrons. The lowest BCUT2D eigenvalue weighted by Gasteiger charge is -2.18. The molecule has 0 amide bonds. The van der Waals surface area contributed by atoms with E-state index in [9.17, 15) is 0 Å². The number of thiol groups is 1. The Balaban J connectivity index is 2.26. The summed E-state index contributed by atoms with van der Waals surface area (Å²) in [6.07, 6.45) is 8.63. The molecule has 0 aromatic carbocycles. The van der Waals surface area contributed by atoms with E-state index >= 15 is 0 Å². The van der Waals surface area contributed by atoms with Gasteiger partial charge in [0, 0.05) is 6.42 Å². The van der Waals surface area contributed by atoms with Crippen LogP contribution in [-0.4, -0.2) is 10.2 Å². The van der Waals surface area contributed by atoms with E-state index in [1.165, 1.54) is 31.3 Å². The first-order chi connectivity index (χ1) is 5.58. The highest BCUT2D eigenvalue weighted by molar-refractivity contribution is 7.81. The SMILES string of the molecule is N[C@@](O)(S)CCC1=CCCCC1. The zero-order valence-corrected chi connectivity index (χ0v) is 8.19. The zero-order valence-electron chi connectivity index (χ0n) is 7.29. The molecule has 3 heteroatoms. The Morgan fingerprint density at radius 1 is 1.58 bits per heavy atom. The van der Waals surface area contributed by atoms with Crippen LogP contribution in [0.25, 0.3) is 0 Å². The summed E-state index contributed by atoms with van der Waals surface area (Å²) in [5, 5.41) is 7.87. The molecule has 0 bridgehead atoms. The Hall–Kier alpha value is 0.01000. The number of aliphatic hydroxyl groups is 1. The Bertz CT molecular complexity index is 172. The summed E-state index contributed by atoms with van der Waals surface area (Å²) in [5.41, 5.74) is 6.77. The molecule has 0 aliphatic heterocycles. The minimum Gasteiger partial charge on any atom is -0.367 e. The Morgan fingerprint density at radius 3 is 2.83 bits per heavy atom. The number of hydrogen-bond acceptors (Lipinski definition) is 3. The molecular formula is C9H17NOS. The van der Waals surface area contributed by atoms with Crippen molar-refractivity contribution in [3.8, 4) is 0 Å². The van der Waals surface area contributed by atoms with Crippen LogP contribution in [0.5, 0.6) is 0 Å². The van der Waals surface area contributed by atoms with Gasteiger partial charge in [0.15, 0.2) is 5.06 Å². The van der Waals surface area contributed by atoms with Gasteiger partial charge in [0.25, 0.3) is 0 Å². The van der Waals surface area contributed by atoms with Gasteiger partial charge in [0.05, 0.1) is 0 Å². The van der Waals surface area contributed by atoms with Crippen LogP contribution in [0.15, 0.2) is 11.6 Å². The van der Waals surface area contributed by atoms with E-state index in [2.05, 4.69) is 18.7 Å². The van der Waals surface area contributed by atoms with E-state index in [1.54, 1.807) is 0 Å². The Labute approximate surface area is 79.3 Å². The molecule has 1 rings (SSSR count). The van der Waals surface area contributed by atoms with Gasteiger partial charge in [-0.25, -0.2) is 0 Å². The molecule has 0 saturated heterocycles. The summed E-state index contributed by atoms with van der Waals surface area (Å²) < 4.78 is 0. The van der Waals surface area contributed by atoms with Crippen LogP contribution in [0, 0.1) is 0 Å². The van der Waals surface area contributed by atoms with Crippen molar-refractivity contribution in [2.45, 2.75) is 43.6 Å². The fourth-order valence-electron chi connectivity index (χ4n) is 1.48. The number of rotatable bonds is 3. The molecule has 0 fully saturated rings. The summed E-state index contributed by atoms with van der Waals surface area (Å²) in [7, 11) is 0. The standard InChI is InChI=1S/C9H17NOS/c10-9(11,12)7-6-8-4-2-1-3-5-8/h4,11-12H,1-3,5-7,10H2/t9-/m0/s1. The van der Waals surface area contributed by atoms with E-state index < -0.39 is 5.06 Å². The van der Waals surface area contributed by atoms with Crippen molar-refractivity contribution in [3.63, 3.8) is 0 Å². The van der Waals surface area contributed by atoms with Gasteiger partial charge < -0.3 is 5.11 Å². The predicted octanol–water partition coefficient (Wildman–Crippen LogP) is 1.80. The number of hydrogen-bond donors (Lipinski definition) is 3. The summed E-state index contributed by atoms with van der Waals surface area (Å²) in [5.74, 6) is 0. The third-order valence-corrected chi connectivity index (χ3v) is 2.42. The molecule has 0 aromatic heterocycles. The van der Waals surface area contributed by atoms with E-state index in [1.807, 2.05) is 0 Å². The van der Waals surface area contributed by atoms with Crippen LogP contribution in [0.1, 0.15) is 38.5 Å². The molecule has 0 spiro atoms. The van der Waals surface area contributed by atoms with Gasteiger partial charge in [-0.1, -0.05) is 11.6 Å². The average molecular weight is 187 g/mol. The third-order valence-electron chi connectivity index (χ3n) is 2.20. The summed E-state index contributed by atoms with van der Waals surface area (Å²) in [6.45, 7) is 0. The van der Waals surface area contributed by atoms with Crippen molar-refractivity contribution in [1.82, 2.24) is 0 Å². The normalized spacial score (nSPS) is 23.1. The van der Waals surface area contributed by atoms with Gasteiger partial charge in [0.1, 0.15) is 0 Å². The second-order valence-electron chi connectivity index (χ2n) is 3.49. The molecule has 0 radical (unpaired) electrons. The molecule has 0 aromatic rings. The summed E-state index contributed by atoms with van der Waals surface area (Å²) >= 11 is 3.86. The predicted molar refractivity (Wildman–Crippen MR) is 53.9 cm³/mol. The quantitative estimate of drug-likeness (QED) is 0.358. The lowest BCUT2D eigenvalue weighted by molar-refractivity contribution is 0.137. The second kappa shape index (κ2) is 4.30. The lowest BCUT2D eigenvalue weighted by atomic mass is 9.96. The molecule has 12 heavy (non-hydrogen) atoms. The van der Waals surface area contributed by atoms with Gasteiger partial charge in [-0.15, -0.1) is 12.6 Å². The molecule has 0 saturated carbocycles. The van der Waals surface area contributed by atoms with Crippen molar-refractivity contribution in [2.75, 3.05) is 0 Å². The minimum absolute atomic E-state index is 0.544. The first kappa shape index (κ1) is 10.1. The molecule has 3 N–H and O–H groups in total. The molecule has 2 nitrogen and oxygen atoms in total. The molecule has 1 aliphatic rings. The van der Waals surface area contributed by atoms with Crippen molar-refractivity contribution < 1.29 is 5.11 Å².